The van der Waals surface area contributed by atoms with Gasteiger partial charge in [-0.1, -0.05) is 32.0 Å². The monoisotopic (exact) mass is 487 g/mol. The molecule has 33 heavy (non-hydrogen) atoms. The molecule has 1 aliphatic carbocycles. The number of rotatable bonds is 7. The van der Waals surface area contributed by atoms with Crippen LogP contribution >= 0.6 is 23.1 Å². The Labute approximate surface area is 199 Å². The summed E-state index contributed by atoms with van der Waals surface area (Å²) in [4.78, 5) is 26.9. The fraction of sp³-hybridized carbons (Fsp3) is 0.391. The number of fused-ring (bicyclic) bond motifs is 1. The number of ether oxygens (including phenoxy) is 1. The van der Waals surface area contributed by atoms with Gasteiger partial charge in [-0.05, 0) is 53.6 Å². The first-order chi connectivity index (χ1) is 15.9. The van der Waals surface area contributed by atoms with Crippen molar-refractivity contribution in [2.45, 2.75) is 49.8 Å². The highest BCUT2D eigenvalue weighted by Crippen LogP contribution is 2.40. The number of thiophene rings is 1. The molecule has 8 nitrogen and oxygen atoms in total. The number of amides is 1. The summed E-state index contributed by atoms with van der Waals surface area (Å²) in [7, 11) is 1.35. The van der Waals surface area contributed by atoms with Crippen LogP contribution in [0.5, 0.6) is 5.95 Å². The number of thioether (sulfide) groups is 1. The Hall–Kier alpha value is -2.85. The van der Waals surface area contributed by atoms with E-state index < -0.39 is 17.2 Å². The predicted molar refractivity (Wildman–Crippen MR) is 123 cm³/mol. The molecule has 0 bridgehead atoms. The molecule has 3 aromatic rings. The number of methoxy groups -OCH3 is 1. The van der Waals surface area contributed by atoms with Crippen LogP contribution in [0.15, 0.2) is 39.9 Å². The lowest BCUT2D eigenvalue weighted by Gasteiger charge is -2.18. The maximum atomic E-state index is 13.2. The van der Waals surface area contributed by atoms with Crippen molar-refractivity contribution in [2.24, 2.45) is 5.92 Å². The van der Waals surface area contributed by atoms with Crippen LogP contribution in [0.1, 0.15) is 47.5 Å². The number of hydrogen-bond donors (Lipinski definition) is 1. The van der Waals surface area contributed by atoms with Gasteiger partial charge >= 0.3 is 5.97 Å². The molecule has 1 aromatic carbocycles. The minimum Gasteiger partial charge on any atom is -0.538 e. The summed E-state index contributed by atoms with van der Waals surface area (Å²) in [6, 6.07) is 9.11. The molecule has 1 aliphatic rings. The van der Waals surface area contributed by atoms with Crippen LogP contribution in [0, 0.1) is 5.92 Å². The zero-order chi connectivity index (χ0) is 23.5. The number of para-hydroxylation sites is 1. The average molecular weight is 488 g/mol. The number of nitrogens with zero attached hydrogens (tertiary/aromatic N) is 2. The van der Waals surface area contributed by atoms with Crippen molar-refractivity contribution < 1.29 is 28.6 Å². The summed E-state index contributed by atoms with van der Waals surface area (Å²) in [6.07, 6.45) is 3.12. The van der Waals surface area contributed by atoms with Gasteiger partial charge in [-0.3, -0.25) is 4.79 Å². The van der Waals surface area contributed by atoms with Crippen LogP contribution in [0.3, 0.4) is 0 Å². The van der Waals surface area contributed by atoms with Crippen LogP contribution in [0.4, 0.5) is 5.00 Å². The lowest BCUT2D eigenvalue weighted by atomic mass is 9.88. The normalized spacial score (nSPS) is 16.2. The maximum Gasteiger partial charge on any atom is 0.341 e. The van der Waals surface area contributed by atoms with Gasteiger partial charge < -0.3 is 19.7 Å². The number of aromatic nitrogens is 2. The lowest BCUT2D eigenvalue weighted by Crippen LogP contribution is -2.36. The first-order valence-electron chi connectivity index (χ1n) is 10.8. The van der Waals surface area contributed by atoms with Gasteiger partial charge in [0, 0.05) is 17.0 Å². The van der Waals surface area contributed by atoms with Gasteiger partial charge in [0.05, 0.1) is 23.2 Å². The van der Waals surface area contributed by atoms with Crippen molar-refractivity contribution in [1.82, 2.24) is 5.27 Å². The molecule has 1 amide bonds. The molecule has 0 fully saturated rings. The minimum atomic E-state index is -0.606. The first-order valence-corrected chi connectivity index (χ1v) is 12.5. The standard InChI is InChI=1S/C23H25N3O5S2/c1-4-16(33-21-23(29)31-25-26(21)14-8-6-5-7-9-14)19(27)24-20-18(22(28)30-3)15-11-10-13(2)12-17(15)32-20/h5-9,13,16H,4,10-12H2,1-3H3,(H-,24,25,27,28,29). The van der Waals surface area contributed by atoms with E-state index in [1.165, 1.54) is 23.1 Å². The van der Waals surface area contributed by atoms with Crippen molar-refractivity contribution in [3.8, 4) is 11.6 Å². The van der Waals surface area contributed by atoms with Gasteiger partial charge in [-0.15, -0.1) is 11.3 Å². The van der Waals surface area contributed by atoms with Gasteiger partial charge in [0.1, 0.15) is 5.00 Å². The number of nitrogens with one attached hydrogen (secondary N) is 1. The number of carbonyl (C=O) groups is 2. The third kappa shape index (κ3) is 4.77. The summed E-state index contributed by atoms with van der Waals surface area (Å²) in [6.45, 7) is 4.05. The number of benzene rings is 1. The second-order valence-electron chi connectivity index (χ2n) is 7.96. The van der Waals surface area contributed by atoms with Gasteiger partial charge in [0.2, 0.25) is 11.6 Å². The number of esters is 1. The van der Waals surface area contributed by atoms with Crippen molar-refractivity contribution in [2.75, 3.05) is 12.4 Å². The second-order valence-corrected chi connectivity index (χ2v) is 10.3. The topological polar surface area (TPSA) is 108 Å². The third-order valence-electron chi connectivity index (χ3n) is 5.63. The molecule has 4 rings (SSSR count). The van der Waals surface area contributed by atoms with E-state index >= 15 is 0 Å². The summed E-state index contributed by atoms with van der Waals surface area (Å²) < 4.78 is 11.3. The van der Waals surface area contributed by atoms with E-state index in [0.29, 0.717) is 28.6 Å². The summed E-state index contributed by atoms with van der Waals surface area (Å²) in [5.74, 6) is -0.812. The van der Waals surface area contributed by atoms with E-state index in [0.717, 1.165) is 41.5 Å². The van der Waals surface area contributed by atoms with E-state index in [-0.39, 0.29) is 10.9 Å². The Morgan fingerprint density at radius 2 is 2.15 bits per heavy atom. The minimum absolute atomic E-state index is 0.218. The smallest absolute Gasteiger partial charge is 0.341 e. The molecule has 0 aliphatic heterocycles. The van der Waals surface area contributed by atoms with E-state index in [1.54, 1.807) is 12.1 Å². The average Bonchev–Trinajstić information content (AvgIpc) is 3.36. The summed E-state index contributed by atoms with van der Waals surface area (Å²) in [5.41, 5.74) is 2.09. The molecule has 0 saturated heterocycles. The lowest BCUT2D eigenvalue weighted by molar-refractivity contribution is -0.705. The van der Waals surface area contributed by atoms with Gasteiger partial charge in [0.25, 0.3) is 5.03 Å². The molecule has 2 unspecified atom stereocenters. The van der Waals surface area contributed by atoms with E-state index in [9.17, 15) is 14.7 Å². The largest absolute Gasteiger partial charge is 0.538 e. The fourth-order valence-electron chi connectivity index (χ4n) is 3.88. The Balaban J connectivity index is 1.59. The van der Waals surface area contributed by atoms with Gasteiger partial charge in [0.15, 0.2) is 5.95 Å². The molecule has 0 spiro atoms. The molecular formula is C23H25N3O5S2. The third-order valence-corrected chi connectivity index (χ3v) is 8.19. The highest BCUT2D eigenvalue weighted by atomic mass is 32.2. The first kappa shape index (κ1) is 23.3. The van der Waals surface area contributed by atoms with E-state index in [4.69, 9.17) is 9.26 Å². The van der Waals surface area contributed by atoms with Crippen molar-refractivity contribution in [3.05, 3.63) is 46.3 Å². The molecule has 10 heteroatoms. The van der Waals surface area contributed by atoms with E-state index in [2.05, 4.69) is 17.5 Å². The van der Waals surface area contributed by atoms with Crippen molar-refractivity contribution in [1.29, 1.82) is 0 Å². The predicted octanol–water partition coefficient (Wildman–Crippen LogP) is 3.51. The maximum absolute atomic E-state index is 13.2. The fourth-order valence-corrected chi connectivity index (χ4v) is 6.25. The molecule has 2 heterocycles. The Kier molecular flexibility index (Phi) is 7.04. The quantitative estimate of drug-likeness (QED) is 0.309. The van der Waals surface area contributed by atoms with Crippen LogP contribution in [-0.4, -0.2) is 29.5 Å². The number of carbonyl (C=O) groups excluding carboxylic acids is 2. The second kappa shape index (κ2) is 9.96. The van der Waals surface area contributed by atoms with Crippen LogP contribution < -0.4 is 15.1 Å². The van der Waals surface area contributed by atoms with Crippen LogP contribution in [0.2, 0.25) is 0 Å². The van der Waals surface area contributed by atoms with Crippen molar-refractivity contribution >= 4 is 40.0 Å². The summed E-state index contributed by atoms with van der Waals surface area (Å²) in [5, 5.41) is 19.2. The van der Waals surface area contributed by atoms with Gasteiger partial charge in [-0.2, -0.15) is 0 Å². The number of anilines is 1. The van der Waals surface area contributed by atoms with E-state index in [1.807, 2.05) is 25.1 Å². The van der Waals surface area contributed by atoms with Gasteiger partial charge in [-0.25, -0.2) is 4.79 Å². The highest BCUT2D eigenvalue weighted by molar-refractivity contribution is 8.00. The molecule has 0 radical (unpaired) electrons. The van der Waals surface area contributed by atoms with Crippen molar-refractivity contribution in [3.63, 3.8) is 0 Å². The van der Waals surface area contributed by atoms with Crippen LogP contribution in [-0.2, 0) is 22.4 Å². The Morgan fingerprint density at radius 1 is 1.39 bits per heavy atom. The Bertz CT molecular complexity index is 1160. The summed E-state index contributed by atoms with van der Waals surface area (Å²) >= 11 is 2.53. The molecular weight excluding hydrogens is 462 g/mol. The number of hydrogen-bond acceptors (Lipinski definition) is 8. The molecule has 1 N–H and O–H groups in total. The van der Waals surface area contributed by atoms with Crippen LogP contribution in [0.25, 0.3) is 5.69 Å². The molecule has 174 valence electrons. The molecule has 2 atom stereocenters. The SMILES string of the molecule is CCC(Sc1c([O-])on[n+]1-c1ccccc1)C(=O)Nc1sc2c(c1C(=O)OC)CCC(C)C2. The molecule has 2 aromatic heterocycles. The zero-order valence-electron chi connectivity index (χ0n) is 18.6. The zero-order valence-corrected chi connectivity index (χ0v) is 20.3. The Morgan fingerprint density at radius 3 is 2.85 bits per heavy atom. The molecule has 0 saturated carbocycles. The highest BCUT2D eigenvalue weighted by Gasteiger charge is 2.32.